The molecule has 2 rings (SSSR count). The average molecular weight is 267 g/mol. The number of nitrogens with one attached hydrogen (secondary N) is 1. The Morgan fingerprint density at radius 1 is 1.25 bits per heavy atom. The minimum absolute atomic E-state index is 0.0785. The molecule has 0 saturated carbocycles. The second kappa shape index (κ2) is 5.76. The number of nitrogen functional groups attached to an aromatic ring is 1. The molecule has 0 atom stereocenters. The van der Waals surface area contributed by atoms with Crippen molar-refractivity contribution in [2.75, 3.05) is 11.1 Å². The molecular weight excluding hydrogens is 254 g/mol. The van der Waals surface area contributed by atoms with Crippen LogP contribution in [0.25, 0.3) is 0 Å². The molecule has 20 heavy (non-hydrogen) atoms. The summed E-state index contributed by atoms with van der Waals surface area (Å²) >= 11 is 0. The van der Waals surface area contributed by atoms with Crippen molar-refractivity contribution in [3.05, 3.63) is 59.2 Å². The highest BCUT2D eigenvalue weighted by Gasteiger charge is 2.08. The van der Waals surface area contributed by atoms with E-state index in [0.717, 1.165) is 5.56 Å². The van der Waals surface area contributed by atoms with E-state index >= 15 is 0 Å². The van der Waals surface area contributed by atoms with Gasteiger partial charge in [-0.3, -0.25) is 0 Å². The van der Waals surface area contributed by atoms with E-state index in [1.165, 1.54) is 6.07 Å². The maximum absolute atomic E-state index is 11.0. The molecule has 0 radical (unpaired) electrons. The number of nitrogens with zero attached hydrogens (tertiary/aromatic N) is 1. The average Bonchev–Trinajstić information content (AvgIpc) is 2.46. The Morgan fingerprint density at radius 2 is 1.95 bits per heavy atom. The highest BCUT2D eigenvalue weighted by atomic mass is 16.4. The molecule has 0 saturated heterocycles. The highest BCUT2D eigenvalue weighted by molar-refractivity contribution is 5.94. The standard InChI is InChI=1S/C15H13N3O2/c16-8-10-1-3-11(4-2-10)9-18-12-5-6-14(17)13(7-12)15(19)20/h1-7,18H,9,17H2,(H,19,20). The van der Waals surface area contributed by atoms with E-state index in [2.05, 4.69) is 11.4 Å². The fourth-order valence-electron chi connectivity index (χ4n) is 1.75. The van der Waals surface area contributed by atoms with Crippen molar-refractivity contribution in [1.29, 1.82) is 5.26 Å². The largest absolute Gasteiger partial charge is 0.478 e. The Hall–Kier alpha value is -3.00. The lowest BCUT2D eigenvalue weighted by Crippen LogP contribution is -2.05. The number of anilines is 2. The summed E-state index contributed by atoms with van der Waals surface area (Å²) in [5.41, 5.74) is 8.19. The summed E-state index contributed by atoms with van der Waals surface area (Å²) in [6.07, 6.45) is 0. The molecule has 2 aromatic rings. The summed E-state index contributed by atoms with van der Waals surface area (Å²) in [5.74, 6) is -1.05. The molecule has 5 heteroatoms. The molecule has 2 aromatic carbocycles. The monoisotopic (exact) mass is 267 g/mol. The smallest absolute Gasteiger partial charge is 0.337 e. The first-order chi connectivity index (χ1) is 9.60. The van der Waals surface area contributed by atoms with E-state index < -0.39 is 5.97 Å². The number of rotatable bonds is 4. The predicted octanol–water partition coefficient (Wildman–Crippen LogP) is 2.45. The Morgan fingerprint density at radius 3 is 2.55 bits per heavy atom. The van der Waals surface area contributed by atoms with Crippen molar-refractivity contribution in [3.63, 3.8) is 0 Å². The van der Waals surface area contributed by atoms with Crippen LogP contribution < -0.4 is 11.1 Å². The van der Waals surface area contributed by atoms with Crippen molar-refractivity contribution in [2.45, 2.75) is 6.54 Å². The van der Waals surface area contributed by atoms with Gasteiger partial charge in [-0.25, -0.2) is 4.79 Å². The van der Waals surface area contributed by atoms with Crippen LogP contribution in [-0.2, 0) is 6.54 Å². The second-order valence-corrected chi connectivity index (χ2v) is 4.27. The first kappa shape index (κ1) is 13.4. The van der Waals surface area contributed by atoms with Crippen molar-refractivity contribution >= 4 is 17.3 Å². The van der Waals surface area contributed by atoms with E-state index in [4.69, 9.17) is 16.1 Å². The summed E-state index contributed by atoms with van der Waals surface area (Å²) < 4.78 is 0. The van der Waals surface area contributed by atoms with Crippen LogP contribution in [0.2, 0.25) is 0 Å². The number of carboxylic acids is 1. The number of hydrogen-bond acceptors (Lipinski definition) is 4. The van der Waals surface area contributed by atoms with Gasteiger partial charge in [0.25, 0.3) is 0 Å². The third-order valence-corrected chi connectivity index (χ3v) is 2.86. The first-order valence-electron chi connectivity index (χ1n) is 5.96. The molecule has 0 aliphatic carbocycles. The van der Waals surface area contributed by atoms with Crippen LogP contribution in [0, 0.1) is 11.3 Å². The van der Waals surface area contributed by atoms with E-state index in [1.54, 1.807) is 24.3 Å². The maximum atomic E-state index is 11.0. The Kier molecular flexibility index (Phi) is 3.87. The molecule has 4 N–H and O–H groups in total. The lowest BCUT2D eigenvalue weighted by Gasteiger charge is -2.09. The van der Waals surface area contributed by atoms with Gasteiger partial charge in [-0.1, -0.05) is 12.1 Å². The Bertz CT molecular complexity index is 673. The first-order valence-corrected chi connectivity index (χ1v) is 5.96. The molecular formula is C15H13N3O2. The minimum Gasteiger partial charge on any atom is -0.478 e. The number of nitrogens with two attached hydrogens (primary N) is 1. The normalized spacial score (nSPS) is 9.75. The second-order valence-electron chi connectivity index (χ2n) is 4.27. The summed E-state index contributed by atoms with van der Waals surface area (Å²) in [6.45, 7) is 0.536. The summed E-state index contributed by atoms with van der Waals surface area (Å²) in [4.78, 5) is 11.0. The molecule has 0 aromatic heterocycles. The molecule has 100 valence electrons. The van der Waals surface area contributed by atoms with Gasteiger partial charge in [0.1, 0.15) is 0 Å². The van der Waals surface area contributed by atoms with E-state index in [-0.39, 0.29) is 11.3 Å². The maximum Gasteiger partial charge on any atom is 0.337 e. The van der Waals surface area contributed by atoms with Crippen LogP contribution in [-0.4, -0.2) is 11.1 Å². The van der Waals surface area contributed by atoms with Gasteiger partial charge in [-0.05, 0) is 35.9 Å². The Balaban J connectivity index is 2.09. The van der Waals surface area contributed by atoms with Gasteiger partial charge in [0.15, 0.2) is 0 Å². The minimum atomic E-state index is -1.05. The number of nitriles is 1. The molecule has 0 bridgehead atoms. The quantitative estimate of drug-likeness (QED) is 0.739. The molecule has 0 fully saturated rings. The van der Waals surface area contributed by atoms with Crippen LogP contribution in [0.1, 0.15) is 21.5 Å². The number of hydrogen-bond donors (Lipinski definition) is 3. The molecule has 0 unspecified atom stereocenters. The SMILES string of the molecule is N#Cc1ccc(CNc2ccc(N)c(C(=O)O)c2)cc1. The van der Waals surface area contributed by atoms with Gasteiger partial charge in [-0.2, -0.15) is 5.26 Å². The number of carbonyl (C=O) groups is 1. The number of benzene rings is 2. The fraction of sp³-hybridized carbons (Fsp3) is 0.0667. The zero-order valence-corrected chi connectivity index (χ0v) is 10.6. The van der Waals surface area contributed by atoms with Crippen molar-refractivity contribution in [3.8, 4) is 6.07 Å². The molecule has 0 amide bonds. The van der Waals surface area contributed by atoms with E-state index in [0.29, 0.717) is 17.8 Å². The van der Waals surface area contributed by atoms with Crippen LogP contribution in [0.5, 0.6) is 0 Å². The van der Waals surface area contributed by atoms with Crippen molar-refractivity contribution < 1.29 is 9.90 Å². The number of carboxylic acid groups (broad SMARTS) is 1. The van der Waals surface area contributed by atoms with Crippen LogP contribution in [0.15, 0.2) is 42.5 Å². The van der Waals surface area contributed by atoms with Crippen molar-refractivity contribution in [2.24, 2.45) is 0 Å². The van der Waals surface area contributed by atoms with Gasteiger partial charge in [0.2, 0.25) is 0 Å². The van der Waals surface area contributed by atoms with Gasteiger partial charge >= 0.3 is 5.97 Å². The van der Waals surface area contributed by atoms with Gasteiger partial charge in [0, 0.05) is 17.9 Å². The molecule has 0 heterocycles. The summed E-state index contributed by atoms with van der Waals surface area (Å²) in [5, 5.41) is 20.8. The lowest BCUT2D eigenvalue weighted by atomic mass is 10.1. The summed E-state index contributed by atoms with van der Waals surface area (Å²) in [7, 11) is 0. The van der Waals surface area contributed by atoms with E-state index in [9.17, 15) is 4.79 Å². The van der Waals surface area contributed by atoms with E-state index in [1.807, 2.05) is 12.1 Å². The highest BCUT2D eigenvalue weighted by Crippen LogP contribution is 2.18. The van der Waals surface area contributed by atoms with Crippen LogP contribution >= 0.6 is 0 Å². The van der Waals surface area contributed by atoms with Gasteiger partial charge in [-0.15, -0.1) is 0 Å². The molecule has 0 aliphatic rings. The zero-order valence-electron chi connectivity index (χ0n) is 10.6. The number of aromatic carboxylic acids is 1. The van der Waals surface area contributed by atoms with Gasteiger partial charge in [0.05, 0.1) is 17.2 Å². The predicted molar refractivity (Wildman–Crippen MR) is 76.3 cm³/mol. The third kappa shape index (κ3) is 3.06. The fourth-order valence-corrected chi connectivity index (χ4v) is 1.75. The van der Waals surface area contributed by atoms with Crippen LogP contribution in [0.3, 0.4) is 0 Å². The zero-order chi connectivity index (χ0) is 14.5. The van der Waals surface area contributed by atoms with Crippen molar-refractivity contribution in [1.82, 2.24) is 0 Å². The lowest BCUT2D eigenvalue weighted by molar-refractivity contribution is 0.0698. The molecule has 5 nitrogen and oxygen atoms in total. The third-order valence-electron chi connectivity index (χ3n) is 2.86. The van der Waals surface area contributed by atoms with Crippen LogP contribution in [0.4, 0.5) is 11.4 Å². The van der Waals surface area contributed by atoms with Gasteiger partial charge < -0.3 is 16.2 Å². The molecule has 0 aliphatic heterocycles. The molecule has 0 spiro atoms. The topological polar surface area (TPSA) is 99.1 Å². The Labute approximate surface area is 116 Å². The summed E-state index contributed by atoms with van der Waals surface area (Å²) in [6, 6.07) is 14.0.